The fourth-order valence-corrected chi connectivity index (χ4v) is 3.40. The minimum atomic E-state index is -0.128. The molecule has 1 aliphatic heterocycles. The number of aryl methyl sites for hydroxylation is 1. The topological polar surface area (TPSA) is 59.4 Å². The van der Waals surface area contributed by atoms with Crippen LogP contribution < -0.4 is 5.32 Å². The zero-order valence-corrected chi connectivity index (χ0v) is 12.5. The van der Waals surface area contributed by atoms with Crippen LogP contribution in [0.4, 0.5) is 0 Å². The third-order valence-electron chi connectivity index (χ3n) is 4.54. The third-order valence-corrected chi connectivity index (χ3v) is 4.54. The van der Waals surface area contributed by atoms with Crippen LogP contribution in [0.15, 0.2) is 41.9 Å². The van der Waals surface area contributed by atoms with Crippen molar-refractivity contribution in [1.82, 2.24) is 15.3 Å². The maximum absolute atomic E-state index is 5.67. The molecule has 0 fully saturated rings. The summed E-state index contributed by atoms with van der Waals surface area (Å²) >= 11 is 0. The number of benzene rings is 1. The lowest BCUT2D eigenvalue weighted by molar-refractivity contribution is 0.232. The monoisotopic (exact) mass is 294 g/mol. The summed E-state index contributed by atoms with van der Waals surface area (Å²) < 4.78 is 5.67. The van der Waals surface area contributed by atoms with Gasteiger partial charge in [-0.25, -0.2) is 15.0 Å². The van der Waals surface area contributed by atoms with Gasteiger partial charge in [-0.15, -0.1) is 0 Å². The molecule has 4 rings (SSSR count). The number of hydrogen-bond acceptors (Lipinski definition) is 5. The molecule has 2 aliphatic rings. The molecule has 0 bridgehead atoms. The number of aliphatic imine (C=N–C) groups is 1. The predicted octanol–water partition coefficient (Wildman–Crippen LogP) is 1.98. The molecule has 0 radical (unpaired) electrons. The molecule has 1 aromatic heterocycles. The molecule has 1 aliphatic carbocycles. The first kappa shape index (κ1) is 13.2. The summed E-state index contributed by atoms with van der Waals surface area (Å²) in [7, 11) is 1.85. The minimum Gasteiger partial charge on any atom is -0.463 e. The zero-order valence-electron chi connectivity index (χ0n) is 12.5. The average molecular weight is 294 g/mol. The molecule has 2 heterocycles. The van der Waals surface area contributed by atoms with Crippen LogP contribution in [-0.4, -0.2) is 35.2 Å². The van der Waals surface area contributed by atoms with Gasteiger partial charge < -0.3 is 10.1 Å². The summed E-state index contributed by atoms with van der Waals surface area (Å²) in [6, 6.07) is 7.14. The SMILES string of the molecule is CNC1=NC2(CCc3cccc(-c4cncnc4)c3C2)CO1. The summed E-state index contributed by atoms with van der Waals surface area (Å²) in [5, 5.41) is 3.01. The van der Waals surface area contributed by atoms with Gasteiger partial charge in [0, 0.05) is 31.4 Å². The highest BCUT2D eigenvalue weighted by Crippen LogP contribution is 2.38. The van der Waals surface area contributed by atoms with Crippen molar-refractivity contribution in [3.8, 4) is 11.1 Å². The van der Waals surface area contributed by atoms with E-state index in [4.69, 9.17) is 9.73 Å². The first-order valence-corrected chi connectivity index (χ1v) is 7.56. The van der Waals surface area contributed by atoms with E-state index in [-0.39, 0.29) is 5.54 Å². The molecule has 22 heavy (non-hydrogen) atoms. The van der Waals surface area contributed by atoms with E-state index in [9.17, 15) is 0 Å². The number of aromatic nitrogens is 2. The van der Waals surface area contributed by atoms with Gasteiger partial charge in [-0.3, -0.25) is 0 Å². The summed E-state index contributed by atoms with van der Waals surface area (Å²) in [6.45, 7) is 0.655. The maximum atomic E-state index is 5.67. The van der Waals surface area contributed by atoms with E-state index >= 15 is 0 Å². The lowest BCUT2D eigenvalue weighted by Crippen LogP contribution is -2.35. The number of hydrogen-bond donors (Lipinski definition) is 1. The number of fused-ring (bicyclic) bond motifs is 1. The van der Waals surface area contributed by atoms with Gasteiger partial charge in [-0.05, 0) is 29.5 Å². The fourth-order valence-electron chi connectivity index (χ4n) is 3.40. The quantitative estimate of drug-likeness (QED) is 0.873. The van der Waals surface area contributed by atoms with Crippen molar-refractivity contribution in [3.63, 3.8) is 0 Å². The van der Waals surface area contributed by atoms with E-state index in [0.29, 0.717) is 12.6 Å². The van der Waals surface area contributed by atoms with Gasteiger partial charge in [0.15, 0.2) is 0 Å². The van der Waals surface area contributed by atoms with Crippen LogP contribution in [0.25, 0.3) is 11.1 Å². The van der Waals surface area contributed by atoms with Crippen LogP contribution in [0.5, 0.6) is 0 Å². The van der Waals surface area contributed by atoms with Gasteiger partial charge in [0.05, 0.1) is 0 Å². The lowest BCUT2D eigenvalue weighted by Gasteiger charge is -2.31. The van der Waals surface area contributed by atoms with Crippen molar-refractivity contribution in [1.29, 1.82) is 0 Å². The number of nitrogens with one attached hydrogen (secondary N) is 1. The molecule has 0 saturated heterocycles. The molecule has 1 unspecified atom stereocenters. The van der Waals surface area contributed by atoms with E-state index in [1.54, 1.807) is 6.33 Å². The smallest absolute Gasteiger partial charge is 0.285 e. The van der Waals surface area contributed by atoms with Gasteiger partial charge in [0.2, 0.25) is 0 Å². The normalized spacial score (nSPS) is 22.9. The second-order valence-corrected chi connectivity index (χ2v) is 5.93. The largest absolute Gasteiger partial charge is 0.463 e. The first-order valence-electron chi connectivity index (χ1n) is 7.56. The second-order valence-electron chi connectivity index (χ2n) is 5.93. The van der Waals surface area contributed by atoms with E-state index in [1.807, 2.05) is 19.4 Å². The number of nitrogens with zero attached hydrogens (tertiary/aromatic N) is 3. The van der Waals surface area contributed by atoms with Crippen molar-refractivity contribution in [3.05, 3.63) is 48.0 Å². The maximum Gasteiger partial charge on any atom is 0.285 e. The Bertz CT molecular complexity index is 729. The molecule has 1 N–H and O–H groups in total. The molecule has 0 amide bonds. The molecular formula is C17H18N4O. The van der Waals surface area contributed by atoms with E-state index in [0.717, 1.165) is 24.8 Å². The number of amidine groups is 1. The van der Waals surface area contributed by atoms with Gasteiger partial charge in [0.1, 0.15) is 18.5 Å². The highest BCUT2D eigenvalue weighted by molar-refractivity contribution is 5.76. The number of ether oxygens (including phenoxy) is 1. The first-order chi connectivity index (χ1) is 10.8. The zero-order chi connectivity index (χ0) is 15.0. The van der Waals surface area contributed by atoms with Gasteiger partial charge >= 0.3 is 0 Å². The second kappa shape index (κ2) is 5.09. The molecule has 5 nitrogen and oxygen atoms in total. The third kappa shape index (κ3) is 2.13. The van der Waals surface area contributed by atoms with Crippen LogP contribution in [0, 0.1) is 0 Å². The lowest BCUT2D eigenvalue weighted by atomic mass is 9.76. The van der Waals surface area contributed by atoms with E-state index in [2.05, 4.69) is 33.5 Å². The Balaban J connectivity index is 1.77. The molecular weight excluding hydrogens is 276 g/mol. The molecule has 0 saturated carbocycles. The summed E-state index contributed by atoms with van der Waals surface area (Å²) in [4.78, 5) is 13.1. The predicted molar refractivity (Wildman–Crippen MR) is 84.7 cm³/mol. The highest BCUT2D eigenvalue weighted by atomic mass is 16.5. The van der Waals surface area contributed by atoms with Crippen molar-refractivity contribution >= 4 is 6.02 Å². The molecule has 1 atom stereocenters. The van der Waals surface area contributed by atoms with Gasteiger partial charge in [0.25, 0.3) is 6.02 Å². The average Bonchev–Trinajstić information content (AvgIpc) is 2.98. The van der Waals surface area contributed by atoms with E-state index in [1.165, 1.54) is 16.7 Å². The Morgan fingerprint density at radius 1 is 1.23 bits per heavy atom. The summed E-state index contributed by atoms with van der Waals surface area (Å²) in [5.74, 6) is 0. The van der Waals surface area contributed by atoms with Crippen LogP contribution in [0.3, 0.4) is 0 Å². The minimum absolute atomic E-state index is 0.128. The Morgan fingerprint density at radius 3 is 2.86 bits per heavy atom. The molecule has 1 aromatic carbocycles. The molecule has 2 aromatic rings. The van der Waals surface area contributed by atoms with Gasteiger partial charge in [-0.1, -0.05) is 18.2 Å². The van der Waals surface area contributed by atoms with Gasteiger partial charge in [-0.2, -0.15) is 0 Å². The van der Waals surface area contributed by atoms with Crippen molar-refractivity contribution < 1.29 is 4.74 Å². The van der Waals surface area contributed by atoms with Crippen molar-refractivity contribution in [2.45, 2.75) is 24.8 Å². The Labute approximate surface area is 129 Å². The van der Waals surface area contributed by atoms with Crippen molar-refractivity contribution in [2.24, 2.45) is 4.99 Å². The van der Waals surface area contributed by atoms with Crippen LogP contribution >= 0.6 is 0 Å². The van der Waals surface area contributed by atoms with E-state index < -0.39 is 0 Å². The molecule has 112 valence electrons. The standard InChI is InChI=1S/C17H18N4O/c1-18-16-21-17(10-22-16)6-5-12-3-2-4-14(15(12)7-17)13-8-19-11-20-9-13/h2-4,8-9,11H,5-7,10H2,1H3,(H,18,21). The van der Waals surface area contributed by atoms with Crippen molar-refractivity contribution in [2.75, 3.05) is 13.7 Å². The van der Waals surface area contributed by atoms with Crippen LogP contribution in [0.1, 0.15) is 17.5 Å². The summed E-state index contributed by atoms with van der Waals surface area (Å²) in [6.07, 6.45) is 8.27. The van der Waals surface area contributed by atoms with Crippen LogP contribution in [-0.2, 0) is 17.6 Å². The van der Waals surface area contributed by atoms with Crippen LogP contribution in [0.2, 0.25) is 0 Å². The molecule has 1 spiro atoms. The Morgan fingerprint density at radius 2 is 2.09 bits per heavy atom. The summed E-state index contributed by atoms with van der Waals surface area (Å²) in [5.41, 5.74) is 4.91. The highest BCUT2D eigenvalue weighted by Gasteiger charge is 2.40. The Kier molecular flexibility index (Phi) is 3.06. The fraction of sp³-hybridized carbons (Fsp3) is 0.353. The molecule has 5 heteroatoms. The Hall–Kier alpha value is -2.43. The number of rotatable bonds is 1.